The second-order valence-electron chi connectivity index (χ2n) is 0.402. The molecule has 0 radical (unpaired) electrons. The van der Waals surface area contributed by atoms with Gasteiger partial charge < -0.3 is 0 Å². The Kier molecular flexibility index (Phi) is 3.14. The Bertz CT molecular complexity index is 44.8. The van der Waals surface area contributed by atoms with Gasteiger partial charge in [0.05, 0.1) is 0 Å². The van der Waals surface area contributed by atoms with Crippen LogP contribution in [0.3, 0.4) is 0 Å². The Morgan fingerprint density at radius 3 is 2.67 bits per heavy atom. The van der Waals surface area contributed by atoms with E-state index >= 15 is 0 Å². The van der Waals surface area contributed by atoms with E-state index < -0.39 is 0 Å². The molecule has 6 heavy (non-hydrogen) atoms. The standard InChI is InChI=1S/CH2N2O3/c4-1-2-6-3-5/h1H,(H,2,4). The van der Waals surface area contributed by atoms with Crippen molar-refractivity contribution in [2.45, 2.75) is 0 Å². The molecule has 5 nitrogen and oxygen atoms in total. The van der Waals surface area contributed by atoms with Crippen molar-refractivity contribution in [1.29, 1.82) is 0 Å². The minimum atomic E-state index is 0.196. The molecule has 1 N–H and O–H groups in total. The van der Waals surface area contributed by atoms with Crippen LogP contribution in [0.25, 0.3) is 0 Å². The number of hydroxylamine groups is 1. The van der Waals surface area contributed by atoms with E-state index in [1.807, 2.05) is 5.34 Å². The van der Waals surface area contributed by atoms with Crippen LogP contribution in [-0.4, -0.2) is 6.41 Å². The van der Waals surface area contributed by atoms with Crippen molar-refractivity contribution in [3.05, 3.63) is 4.91 Å². The first kappa shape index (κ1) is 4.87. The van der Waals surface area contributed by atoms with Crippen LogP contribution in [0, 0.1) is 4.91 Å². The van der Waals surface area contributed by atoms with Gasteiger partial charge in [-0.3, -0.25) is 4.79 Å². The lowest BCUT2D eigenvalue weighted by Crippen LogP contribution is -2.05. The van der Waals surface area contributed by atoms with Crippen LogP contribution in [-0.2, 0) is 9.73 Å². The molecule has 0 bridgehead atoms. The Morgan fingerprint density at radius 1 is 1.83 bits per heavy atom. The fourth-order valence-corrected chi connectivity index (χ4v) is 0.0430. The maximum absolute atomic E-state index is 9.13. The molecule has 0 spiro atoms. The Hall–Kier alpha value is -1.13. The fraction of sp³-hybridized carbons (Fsp3) is 0. The van der Waals surface area contributed by atoms with Gasteiger partial charge in [-0.2, -0.15) is 5.48 Å². The highest BCUT2D eigenvalue weighted by Gasteiger charge is 1.66. The summed E-state index contributed by atoms with van der Waals surface area (Å²) in [6.07, 6.45) is 0.196. The van der Waals surface area contributed by atoms with Gasteiger partial charge in [-0.1, -0.05) is 0 Å². The summed E-state index contributed by atoms with van der Waals surface area (Å²) >= 11 is 0. The molecule has 0 rings (SSSR count). The molecule has 0 saturated carbocycles. The van der Waals surface area contributed by atoms with Crippen LogP contribution in [0.1, 0.15) is 0 Å². The molecule has 0 heterocycles. The van der Waals surface area contributed by atoms with Crippen molar-refractivity contribution >= 4 is 6.41 Å². The topological polar surface area (TPSA) is 67.8 Å². The van der Waals surface area contributed by atoms with E-state index in [-0.39, 0.29) is 6.41 Å². The van der Waals surface area contributed by atoms with E-state index in [9.17, 15) is 0 Å². The maximum Gasteiger partial charge on any atom is 0.241 e. The molecular weight excluding hydrogens is 88.0 g/mol. The van der Waals surface area contributed by atoms with Crippen LogP contribution < -0.4 is 5.48 Å². The van der Waals surface area contributed by atoms with Gasteiger partial charge in [-0.25, -0.2) is 4.94 Å². The predicted octanol–water partition coefficient (Wildman–Crippen LogP) is -0.655. The van der Waals surface area contributed by atoms with Gasteiger partial charge in [-0.05, 0) is 0 Å². The molecule has 1 amide bonds. The maximum atomic E-state index is 9.13. The number of carbonyl (C=O) groups is 1. The van der Waals surface area contributed by atoms with E-state index in [0.29, 0.717) is 0 Å². The van der Waals surface area contributed by atoms with Crippen molar-refractivity contribution in [3.63, 3.8) is 0 Å². The van der Waals surface area contributed by atoms with Gasteiger partial charge in [0.1, 0.15) is 0 Å². The Labute approximate surface area is 33.2 Å². The molecule has 0 aliphatic rings. The van der Waals surface area contributed by atoms with Crippen molar-refractivity contribution in [2.24, 2.45) is 5.34 Å². The van der Waals surface area contributed by atoms with Gasteiger partial charge in [0.25, 0.3) is 0 Å². The second kappa shape index (κ2) is 3.87. The third-order valence-corrected chi connectivity index (χ3v) is 0.138. The van der Waals surface area contributed by atoms with Crippen molar-refractivity contribution in [1.82, 2.24) is 5.48 Å². The van der Waals surface area contributed by atoms with Crippen LogP contribution in [0.4, 0.5) is 0 Å². The zero-order chi connectivity index (χ0) is 4.83. The van der Waals surface area contributed by atoms with E-state index in [0.717, 1.165) is 0 Å². The first-order valence-electron chi connectivity index (χ1n) is 1.09. The molecule has 5 heteroatoms. The van der Waals surface area contributed by atoms with E-state index in [2.05, 4.69) is 4.94 Å². The fourth-order valence-electron chi connectivity index (χ4n) is 0.0430. The lowest BCUT2D eigenvalue weighted by atomic mass is 11.5. The van der Waals surface area contributed by atoms with Crippen LogP contribution in [0.5, 0.6) is 0 Å². The van der Waals surface area contributed by atoms with Gasteiger partial charge in [0.2, 0.25) is 6.41 Å². The zero-order valence-corrected chi connectivity index (χ0v) is 2.75. The predicted molar refractivity (Wildman–Crippen MR) is 16.1 cm³/mol. The highest BCUT2D eigenvalue weighted by molar-refractivity contribution is 5.43. The van der Waals surface area contributed by atoms with Gasteiger partial charge >= 0.3 is 0 Å². The number of amides is 1. The smallest absolute Gasteiger partial charge is 0.241 e. The summed E-state index contributed by atoms with van der Waals surface area (Å²) in [4.78, 5) is 21.4. The highest BCUT2D eigenvalue weighted by atomic mass is 16.8. The first-order chi connectivity index (χ1) is 2.91. The number of carbonyl (C=O) groups excluding carboxylic acids is 1. The lowest BCUT2D eigenvalue weighted by Gasteiger charge is -1.79. The summed E-state index contributed by atoms with van der Waals surface area (Å²) in [5.41, 5.74) is 1.54. The Balaban J connectivity index is 2.66. The summed E-state index contributed by atoms with van der Waals surface area (Å²) in [5, 5.41) is 1.83. The minimum absolute atomic E-state index is 0.196. The quantitative estimate of drug-likeness (QED) is 0.216. The first-order valence-corrected chi connectivity index (χ1v) is 1.09. The molecule has 0 atom stereocenters. The summed E-state index contributed by atoms with van der Waals surface area (Å²) < 4.78 is 0. The molecule has 0 aliphatic heterocycles. The molecule has 0 aromatic carbocycles. The second-order valence-corrected chi connectivity index (χ2v) is 0.402. The lowest BCUT2D eigenvalue weighted by molar-refractivity contribution is -0.120. The van der Waals surface area contributed by atoms with Crippen LogP contribution in [0.2, 0.25) is 0 Å². The largest absolute Gasteiger partial charge is 0.276 e. The molecule has 0 aromatic heterocycles. The minimum Gasteiger partial charge on any atom is -0.276 e. The molecule has 0 unspecified atom stereocenters. The SMILES string of the molecule is O=CNON=O. The highest BCUT2D eigenvalue weighted by Crippen LogP contribution is 1.54. The van der Waals surface area contributed by atoms with Gasteiger partial charge in [-0.15, -0.1) is 4.91 Å². The summed E-state index contributed by atoms with van der Waals surface area (Å²) in [6.45, 7) is 0. The summed E-state index contributed by atoms with van der Waals surface area (Å²) in [5.74, 6) is 0. The average Bonchev–Trinajstić information content (AvgIpc) is 1.61. The van der Waals surface area contributed by atoms with Crippen LogP contribution in [0.15, 0.2) is 5.34 Å². The van der Waals surface area contributed by atoms with Crippen LogP contribution >= 0.6 is 0 Å². The average molecular weight is 90.0 g/mol. The molecule has 34 valence electrons. The number of rotatable bonds is 3. The van der Waals surface area contributed by atoms with E-state index in [1.165, 1.54) is 5.48 Å². The molecule has 0 aliphatic carbocycles. The molecule has 0 saturated heterocycles. The van der Waals surface area contributed by atoms with Crippen molar-refractivity contribution in [2.75, 3.05) is 0 Å². The van der Waals surface area contributed by atoms with Crippen molar-refractivity contribution in [3.8, 4) is 0 Å². The summed E-state index contributed by atoms with van der Waals surface area (Å²) in [6, 6.07) is 0. The Morgan fingerprint density at radius 2 is 2.50 bits per heavy atom. The number of nitrogens with one attached hydrogen (secondary N) is 1. The summed E-state index contributed by atoms with van der Waals surface area (Å²) in [7, 11) is 0. The molecular formula is CH2N2O3. The van der Waals surface area contributed by atoms with Gasteiger partial charge in [0.15, 0.2) is 5.34 Å². The normalized spacial score (nSPS) is 6.00. The molecule has 0 aromatic rings. The van der Waals surface area contributed by atoms with Gasteiger partial charge in [0, 0.05) is 0 Å². The zero-order valence-electron chi connectivity index (χ0n) is 2.75. The third-order valence-electron chi connectivity index (χ3n) is 0.138. The third kappa shape index (κ3) is 2.87. The number of hydrogen-bond acceptors (Lipinski definition) is 4. The van der Waals surface area contributed by atoms with Crippen molar-refractivity contribution < 1.29 is 9.73 Å². The number of nitrogens with zero attached hydrogens (tertiary/aromatic N) is 1. The van der Waals surface area contributed by atoms with E-state index in [1.54, 1.807) is 0 Å². The van der Waals surface area contributed by atoms with E-state index in [4.69, 9.17) is 9.70 Å². The monoisotopic (exact) mass is 90.0 g/mol. The molecule has 0 fully saturated rings. The number of hydrogen-bond donors (Lipinski definition) is 1.